The van der Waals surface area contributed by atoms with E-state index in [0.717, 1.165) is 12.1 Å². The average molecular weight is 213 g/mol. The first kappa shape index (κ1) is 12.3. The third-order valence-corrected chi connectivity index (χ3v) is 2.31. The van der Waals surface area contributed by atoms with Crippen LogP contribution in [0, 0.1) is 0 Å². The fourth-order valence-electron chi connectivity index (χ4n) is 1.52. The molecule has 0 fully saturated rings. The Labute approximate surface area is 98.3 Å². The first-order valence-electron chi connectivity index (χ1n) is 5.51. The molecular weight excluding hydrogens is 194 g/mol. The van der Waals surface area contributed by atoms with Crippen molar-refractivity contribution < 1.29 is 0 Å². The maximum atomic E-state index is 3.95. The summed E-state index contributed by atoms with van der Waals surface area (Å²) in [5.74, 6) is 0. The van der Waals surface area contributed by atoms with Crippen LogP contribution in [0.15, 0.2) is 73.0 Å². The van der Waals surface area contributed by atoms with Gasteiger partial charge in [0.25, 0.3) is 0 Å². The molecule has 0 saturated carbocycles. The van der Waals surface area contributed by atoms with Gasteiger partial charge in [-0.15, -0.1) is 0 Å². The molecule has 0 aromatic heterocycles. The standard InChI is InChI=1S/C15H19N/c1-4-9-15-12-14(5-2)11-8-6-7-10-13(3)16-15/h4-10,12,15-16H,2-3,11H2,1H3/b8-6-,9-4-,10-7-,14-12+. The highest BCUT2D eigenvalue weighted by Crippen LogP contribution is 2.09. The summed E-state index contributed by atoms with van der Waals surface area (Å²) in [6, 6.07) is 0.182. The SMILES string of the molecule is C=C/C1=C\C(/C=C\C)NC(=C)/C=C\C=C/C1. The average Bonchev–Trinajstić information content (AvgIpc) is 2.27. The molecule has 0 spiro atoms. The fourth-order valence-corrected chi connectivity index (χ4v) is 1.52. The molecule has 1 aliphatic rings. The van der Waals surface area contributed by atoms with E-state index in [9.17, 15) is 0 Å². The molecule has 0 amide bonds. The Morgan fingerprint density at radius 1 is 1.44 bits per heavy atom. The molecule has 1 heteroatoms. The van der Waals surface area contributed by atoms with E-state index in [2.05, 4.69) is 36.7 Å². The lowest BCUT2D eigenvalue weighted by molar-refractivity contribution is 0.801. The predicted octanol–water partition coefficient (Wildman–Crippen LogP) is 3.66. The summed E-state index contributed by atoms with van der Waals surface area (Å²) in [6.07, 6.45) is 17.2. The van der Waals surface area contributed by atoms with Crippen molar-refractivity contribution in [1.29, 1.82) is 0 Å². The van der Waals surface area contributed by atoms with Gasteiger partial charge < -0.3 is 5.32 Å². The molecule has 1 unspecified atom stereocenters. The number of hydrogen-bond acceptors (Lipinski definition) is 1. The maximum Gasteiger partial charge on any atom is 0.0634 e. The molecule has 0 aromatic carbocycles. The van der Waals surface area contributed by atoms with Crippen LogP contribution < -0.4 is 5.32 Å². The lowest BCUT2D eigenvalue weighted by atomic mass is 10.1. The molecule has 0 radical (unpaired) electrons. The van der Waals surface area contributed by atoms with E-state index >= 15 is 0 Å². The Balaban J connectivity index is 2.95. The minimum Gasteiger partial charge on any atom is -0.376 e. The van der Waals surface area contributed by atoms with Gasteiger partial charge in [-0.3, -0.25) is 0 Å². The molecule has 1 N–H and O–H groups in total. The molecule has 16 heavy (non-hydrogen) atoms. The molecule has 1 atom stereocenters. The van der Waals surface area contributed by atoms with Gasteiger partial charge in [0.15, 0.2) is 0 Å². The highest BCUT2D eigenvalue weighted by molar-refractivity contribution is 5.29. The second-order valence-electron chi connectivity index (χ2n) is 3.66. The fraction of sp³-hybridized carbons (Fsp3) is 0.200. The molecule has 0 aromatic rings. The molecular formula is C15H19N. The van der Waals surface area contributed by atoms with Crippen molar-refractivity contribution in [3.05, 3.63) is 73.0 Å². The predicted molar refractivity (Wildman–Crippen MR) is 72.1 cm³/mol. The normalized spacial score (nSPS) is 28.9. The second kappa shape index (κ2) is 6.67. The third-order valence-electron chi connectivity index (χ3n) is 2.31. The summed E-state index contributed by atoms with van der Waals surface area (Å²) in [4.78, 5) is 0. The minimum absolute atomic E-state index is 0.182. The van der Waals surface area contributed by atoms with Crippen LogP contribution in [-0.2, 0) is 0 Å². The van der Waals surface area contributed by atoms with Crippen molar-refractivity contribution in [2.24, 2.45) is 0 Å². The van der Waals surface area contributed by atoms with Crippen LogP contribution in [0.1, 0.15) is 13.3 Å². The van der Waals surface area contributed by atoms with Crippen molar-refractivity contribution in [2.75, 3.05) is 0 Å². The zero-order valence-electron chi connectivity index (χ0n) is 9.82. The monoisotopic (exact) mass is 213 g/mol. The zero-order valence-corrected chi connectivity index (χ0v) is 9.82. The first-order chi connectivity index (χ1) is 7.76. The van der Waals surface area contributed by atoms with Gasteiger partial charge in [0, 0.05) is 5.70 Å². The molecule has 1 heterocycles. The molecule has 1 aliphatic heterocycles. The number of allylic oxidation sites excluding steroid dienone is 7. The summed E-state index contributed by atoms with van der Waals surface area (Å²) in [5.41, 5.74) is 2.13. The van der Waals surface area contributed by atoms with E-state index in [4.69, 9.17) is 0 Å². The topological polar surface area (TPSA) is 12.0 Å². The molecule has 84 valence electrons. The van der Waals surface area contributed by atoms with Crippen molar-refractivity contribution >= 4 is 0 Å². The third kappa shape index (κ3) is 4.18. The lowest BCUT2D eigenvalue weighted by Gasteiger charge is -2.14. The Morgan fingerprint density at radius 3 is 2.94 bits per heavy atom. The van der Waals surface area contributed by atoms with Crippen molar-refractivity contribution in [1.82, 2.24) is 5.32 Å². The van der Waals surface area contributed by atoms with Crippen LogP contribution in [0.4, 0.5) is 0 Å². The van der Waals surface area contributed by atoms with E-state index in [-0.39, 0.29) is 6.04 Å². The molecule has 0 saturated heterocycles. The van der Waals surface area contributed by atoms with Gasteiger partial charge in [-0.1, -0.05) is 55.7 Å². The van der Waals surface area contributed by atoms with Crippen molar-refractivity contribution in [2.45, 2.75) is 19.4 Å². The van der Waals surface area contributed by atoms with Crippen LogP contribution in [0.2, 0.25) is 0 Å². The molecule has 0 aliphatic carbocycles. The van der Waals surface area contributed by atoms with E-state index in [1.54, 1.807) is 0 Å². The van der Waals surface area contributed by atoms with Crippen LogP contribution in [-0.4, -0.2) is 6.04 Å². The van der Waals surface area contributed by atoms with E-state index < -0.39 is 0 Å². The number of rotatable bonds is 2. The summed E-state index contributed by atoms with van der Waals surface area (Å²) in [6.45, 7) is 9.79. The van der Waals surface area contributed by atoms with Gasteiger partial charge in [0.05, 0.1) is 6.04 Å². The summed E-state index contributed by atoms with van der Waals surface area (Å²) < 4.78 is 0. The highest BCUT2D eigenvalue weighted by Gasteiger charge is 2.02. The number of hydrogen-bond donors (Lipinski definition) is 1. The summed E-state index contributed by atoms with van der Waals surface area (Å²) >= 11 is 0. The Kier molecular flexibility index (Phi) is 5.13. The van der Waals surface area contributed by atoms with Crippen LogP contribution >= 0.6 is 0 Å². The highest BCUT2D eigenvalue weighted by atomic mass is 14.9. The Hall–Kier alpha value is -1.76. The van der Waals surface area contributed by atoms with E-state index in [1.165, 1.54) is 5.57 Å². The van der Waals surface area contributed by atoms with E-state index in [1.807, 2.05) is 37.3 Å². The molecule has 1 nitrogen and oxygen atoms in total. The first-order valence-corrected chi connectivity index (χ1v) is 5.51. The quantitative estimate of drug-likeness (QED) is 0.690. The van der Waals surface area contributed by atoms with Gasteiger partial charge in [-0.2, -0.15) is 0 Å². The minimum atomic E-state index is 0.182. The van der Waals surface area contributed by atoms with Gasteiger partial charge in [-0.25, -0.2) is 0 Å². The smallest absolute Gasteiger partial charge is 0.0634 e. The van der Waals surface area contributed by atoms with E-state index in [0.29, 0.717) is 0 Å². The van der Waals surface area contributed by atoms with Crippen molar-refractivity contribution in [3.8, 4) is 0 Å². The Bertz CT molecular complexity index is 367. The van der Waals surface area contributed by atoms with Crippen LogP contribution in [0.5, 0.6) is 0 Å². The second-order valence-corrected chi connectivity index (χ2v) is 3.66. The molecule has 0 bridgehead atoms. The van der Waals surface area contributed by atoms with Gasteiger partial charge >= 0.3 is 0 Å². The summed E-state index contributed by atoms with van der Waals surface area (Å²) in [5, 5.41) is 3.33. The van der Waals surface area contributed by atoms with Crippen LogP contribution in [0.3, 0.4) is 0 Å². The zero-order chi connectivity index (χ0) is 11.8. The number of nitrogens with one attached hydrogen (secondary N) is 1. The van der Waals surface area contributed by atoms with Crippen LogP contribution in [0.25, 0.3) is 0 Å². The van der Waals surface area contributed by atoms with Gasteiger partial charge in [0.2, 0.25) is 0 Å². The van der Waals surface area contributed by atoms with Gasteiger partial charge in [0.1, 0.15) is 0 Å². The van der Waals surface area contributed by atoms with Crippen molar-refractivity contribution in [3.63, 3.8) is 0 Å². The summed E-state index contributed by atoms with van der Waals surface area (Å²) in [7, 11) is 0. The molecule has 1 rings (SSSR count). The van der Waals surface area contributed by atoms with Gasteiger partial charge in [-0.05, 0) is 25.0 Å². The lowest BCUT2D eigenvalue weighted by Crippen LogP contribution is -2.23. The Morgan fingerprint density at radius 2 is 2.25 bits per heavy atom. The largest absolute Gasteiger partial charge is 0.376 e. The maximum absolute atomic E-state index is 3.95.